The molecule has 3 aromatic rings. The molecule has 2 bridgehead atoms. The maximum Gasteiger partial charge on any atom is 0.0460 e. The zero-order chi connectivity index (χ0) is 27.9. The molecule has 3 aromatic carbocycles. The van der Waals surface area contributed by atoms with Gasteiger partial charge in [-0.1, -0.05) is 105 Å². The van der Waals surface area contributed by atoms with E-state index in [2.05, 4.69) is 143 Å². The molecule has 0 aromatic heterocycles. The van der Waals surface area contributed by atoms with Crippen LogP contribution >= 0.6 is 0 Å². The van der Waals surface area contributed by atoms with Crippen LogP contribution in [0.3, 0.4) is 0 Å². The van der Waals surface area contributed by atoms with Gasteiger partial charge in [-0.05, 0) is 107 Å². The standard InChI is InChI=1S/C39H37N/c1-6-13-33-27(7-2)16-11-19-38(32-18-12-17-31(33)26(32)3)40-30-21-23-35-34-22-20-29(28-14-9-8-10-15-28)24-36(34)39(4,5)37(35)25-30/h6-7,9,11-25,40H,2,8,10H2,1,3-5H3/b13-6-,16-11-,33-27-,38-19+. The molecule has 0 saturated carbocycles. The molecule has 1 heteroatoms. The van der Waals surface area contributed by atoms with Gasteiger partial charge in [-0.25, -0.2) is 0 Å². The first kappa shape index (κ1) is 25.9. The van der Waals surface area contributed by atoms with E-state index >= 15 is 0 Å². The summed E-state index contributed by atoms with van der Waals surface area (Å²) >= 11 is 0. The molecule has 0 unspecified atom stereocenters. The summed E-state index contributed by atoms with van der Waals surface area (Å²) in [6.45, 7) is 13.1. The minimum atomic E-state index is -0.0794. The highest BCUT2D eigenvalue weighted by Crippen LogP contribution is 2.50. The van der Waals surface area contributed by atoms with Crippen molar-refractivity contribution < 1.29 is 0 Å². The van der Waals surface area contributed by atoms with E-state index < -0.39 is 0 Å². The molecule has 198 valence electrons. The molecule has 0 atom stereocenters. The average molecular weight is 520 g/mol. The van der Waals surface area contributed by atoms with Gasteiger partial charge in [0.15, 0.2) is 0 Å². The molecule has 3 aliphatic rings. The highest BCUT2D eigenvalue weighted by Gasteiger charge is 2.36. The lowest BCUT2D eigenvalue weighted by Crippen LogP contribution is -2.15. The number of allylic oxidation sites excluding steroid dienone is 12. The molecule has 0 radical (unpaired) electrons. The third kappa shape index (κ3) is 4.36. The minimum absolute atomic E-state index is 0.0794. The quantitative estimate of drug-likeness (QED) is 0.353. The van der Waals surface area contributed by atoms with E-state index in [-0.39, 0.29) is 5.41 Å². The van der Waals surface area contributed by atoms with Crippen LogP contribution in [0.1, 0.15) is 67.0 Å². The van der Waals surface area contributed by atoms with Crippen LogP contribution in [0, 0.1) is 6.92 Å². The Morgan fingerprint density at radius 2 is 1.65 bits per heavy atom. The summed E-state index contributed by atoms with van der Waals surface area (Å²) in [4.78, 5) is 0. The lowest BCUT2D eigenvalue weighted by Gasteiger charge is -2.23. The molecule has 0 heterocycles. The summed E-state index contributed by atoms with van der Waals surface area (Å²) in [5, 5.41) is 3.79. The third-order valence-corrected chi connectivity index (χ3v) is 8.60. The molecule has 0 amide bonds. The predicted octanol–water partition coefficient (Wildman–Crippen LogP) is 10.6. The number of rotatable bonds is 5. The first-order valence-electron chi connectivity index (χ1n) is 14.3. The van der Waals surface area contributed by atoms with Crippen molar-refractivity contribution >= 4 is 22.5 Å². The van der Waals surface area contributed by atoms with Gasteiger partial charge in [0.05, 0.1) is 0 Å². The first-order valence-corrected chi connectivity index (χ1v) is 14.3. The van der Waals surface area contributed by atoms with Gasteiger partial charge in [0.1, 0.15) is 0 Å². The van der Waals surface area contributed by atoms with E-state index in [4.69, 9.17) is 0 Å². The molecule has 0 aliphatic heterocycles. The summed E-state index contributed by atoms with van der Waals surface area (Å²) in [5.41, 5.74) is 16.2. The number of anilines is 1. The predicted molar refractivity (Wildman–Crippen MR) is 174 cm³/mol. The van der Waals surface area contributed by atoms with Crippen molar-refractivity contribution in [2.75, 3.05) is 5.32 Å². The van der Waals surface area contributed by atoms with Crippen molar-refractivity contribution in [3.05, 3.63) is 155 Å². The smallest absolute Gasteiger partial charge is 0.0460 e. The Hall–Kier alpha value is -4.36. The Morgan fingerprint density at radius 3 is 2.40 bits per heavy atom. The van der Waals surface area contributed by atoms with Crippen LogP contribution < -0.4 is 5.32 Å². The van der Waals surface area contributed by atoms with Crippen molar-refractivity contribution in [1.29, 1.82) is 0 Å². The maximum absolute atomic E-state index is 4.09. The molecule has 40 heavy (non-hydrogen) atoms. The van der Waals surface area contributed by atoms with Crippen LogP contribution in [0.4, 0.5) is 5.69 Å². The summed E-state index contributed by atoms with van der Waals surface area (Å²) in [7, 11) is 0. The second kappa shape index (κ2) is 10.3. The van der Waals surface area contributed by atoms with Crippen LogP contribution in [0.5, 0.6) is 0 Å². The summed E-state index contributed by atoms with van der Waals surface area (Å²) in [5.74, 6) is 0. The Balaban J connectivity index is 1.38. The second-order valence-electron chi connectivity index (χ2n) is 11.4. The Bertz CT molecular complexity index is 1710. The fourth-order valence-electron chi connectivity index (χ4n) is 6.42. The molecule has 6 rings (SSSR count). The van der Waals surface area contributed by atoms with Gasteiger partial charge >= 0.3 is 0 Å². The van der Waals surface area contributed by atoms with Crippen LogP contribution in [0.2, 0.25) is 0 Å². The molecule has 1 nitrogen and oxygen atoms in total. The van der Waals surface area contributed by atoms with Crippen molar-refractivity contribution in [3.8, 4) is 11.1 Å². The van der Waals surface area contributed by atoms with Gasteiger partial charge in [-0.2, -0.15) is 0 Å². The Labute approximate surface area is 239 Å². The fourth-order valence-corrected chi connectivity index (χ4v) is 6.42. The monoisotopic (exact) mass is 519 g/mol. The highest BCUT2D eigenvalue weighted by molar-refractivity contribution is 5.90. The van der Waals surface area contributed by atoms with Crippen LogP contribution in [0.25, 0.3) is 28.0 Å². The van der Waals surface area contributed by atoms with Crippen molar-refractivity contribution in [2.45, 2.75) is 46.0 Å². The van der Waals surface area contributed by atoms with E-state index in [0.717, 1.165) is 29.8 Å². The summed E-state index contributed by atoms with van der Waals surface area (Å²) in [6, 6.07) is 20.5. The summed E-state index contributed by atoms with van der Waals surface area (Å²) in [6.07, 6.45) is 21.9. The first-order chi connectivity index (χ1) is 19.4. The number of hydrogen-bond acceptors (Lipinski definition) is 1. The average Bonchev–Trinajstić information content (AvgIpc) is 3.20. The Kier molecular flexibility index (Phi) is 6.68. The summed E-state index contributed by atoms with van der Waals surface area (Å²) < 4.78 is 0. The molecular weight excluding hydrogens is 482 g/mol. The van der Waals surface area contributed by atoms with Gasteiger partial charge < -0.3 is 5.32 Å². The van der Waals surface area contributed by atoms with Crippen LogP contribution in [-0.4, -0.2) is 0 Å². The minimum Gasteiger partial charge on any atom is -0.355 e. The van der Waals surface area contributed by atoms with Crippen molar-refractivity contribution in [1.82, 2.24) is 0 Å². The van der Waals surface area contributed by atoms with E-state index in [9.17, 15) is 0 Å². The number of hydrogen-bond donors (Lipinski definition) is 1. The van der Waals surface area contributed by atoms with E-state index in [0.29, 0.717) is 0 Å². The van der Waals surface area contributed by atoms with E-state index in [1.165, 1.54) is 55.7 Å². The molecule has 0 spiro atoms. The lowest BCUT2D eigenvalue weighted by atomic mass is 9.81. The molecule has 3 aliphatic carbocycles. The topological polar surface area (TPSA) is 12.0 Å². The Morgan fingerprint density at radius 1 is 0.875 bits per heavy atom. The van der Waals surface area contributed by atoms with Gasteiger partial charge in [-0.3, -0.25) is 0 Å². The number of benzene rings is 3. The largest absolute Gasteiger partial charge is 0.355 e. The van der Waals surface area contributed by atoms with Crippen LogP contribution in [-0.2, 0) is 5.41 Å². The fraction of sp³-hybridized carbons (Fsp3) is 0.179. The van der Waals surface area contributed by atoms with Crippen molar-refractivity contribution in [3.63, 3.8) is 0 Å². The maximum atomic E-state index is 4.09. The van der Waals surface area contributed by atoms with Crippen molar-refractivity contribution in [2.24, 2.45) is 0 Å². The zero-order valence-electron chi connectivity index (χ0n) is 24.0. The van der Waals surface area contributed by atoms with Crippen LogP contribution in [0.15, 0.2) is 121 Å². The molecule has 0 saturated heterocycles. The molecular formula is C39H37N. The van der Waals surface area contributed by atoms with Gasteiger partial charge in [0.2, 0.25) is 0 Å². The van der Waals surface area contributed by atoms with Gasteiger partial charge in [-0.15, -0.1) is 0 Å². The van der Waals surface area contributed by atoms with E-state index in [1.807, 2.05) is 6.08 Å². The number of nitrogens with one attached hydrogen (secondary N) is 1. The SMILES string of the molecule is C=CC1=C(\C=C/C)c2cccc(c2C)\C(Nc2ccc3c(c2)C(C)(C)c2cc(C4=CCCC=C4)ccc2-3)=C/C=C\1. The molecule has 0 fully saturated rings. The lowest BCUT2D eigenvalue weighted by molar-refractivity contribution is 0.660. The third-order valence-electron chi connectivity index (χ3n) is 8.60. The van der Waals surface area contributed by atoms with Gasteiger partial charge in [0, 0.05) is 22.4 Å². The molecule has 1 N–H and O–H groups in total. The highest BCUT2D eigenvalue weighted by atomic mass is 14.9. The second-order valence-corrected chi connectivity index (χ2v) is 11.4. The number of fused-ring (bicyclic) bond motifs is 5. The normalized spacial score (nSPS) is 20.9. The van der Waals surface area contributed by atoms with Gasteiger partial charge in [0.25, 0.3) is 0 Å². The van der Waals surface area contributed by atoms with E-state index in [1.54, 1.807) is 0 Å². The zero-order valence-corrected chi connectivity index (χ0v) is 24.0.